The maximum Gasteiger partial charge on any atom is 0.684 e. The lowest BCUT2D eigenvalue weighted by molar-refractivity contribution is -0.159. The van der Waals surface area contributed by atoms with Crippen molar-refractivity contribution < 1.29 is 17.7 Å². The van der Waals surface area contributed by atoms with E-state index >= 15 is 0 Å². The summed E-state index contributed by atoms with van der Waals surface area (Å²) in [5, 5.41) is 0. The summed E-state index contributed by atoms with van der Waals surface area (Å²) >= 11 is 0. The largest absolute Gasteiger partial charge is 0.684 e. The SMILES string of the molecule is CC(O[Si](OC(C)N(C)C)(OC(C)N(C)C)OC(C)N(C)C)N(C)C. The average Bonchev–Trinajstić information content (AvgIpc) is 2.46. The quantitative estimate of drug-likeness (QED) is 0.369. The molecule has 8 nitrogen and oxygen atoms in total. The Balaban J connectivity index is 5.72. The van der Waals surface area contributed by atoms with Gasteiger partial charge >= 0.3 is 9.05 Å². The number of hydrogen-bond acceptors (Lipinski definition) is 8. The van der Waals surface area contributed by atoms with Gasteiger partial charge in [0.15, 0.2) is 0 Å². The minimum Gasteiger partial charge on any atom is -0.335 e. The van der Waals surface area contributed by atoms with Crippen molar-refractivity contribution in [2.75, 3.05) is 56.4 Å². The monoisotopic (exact) mass is 380 g/mol. The topological polar surface area (TPSA) is 49.9 Å². The van der Waals surface area contributed by atoms with Gasteiger partial charge in [-0.25, -0.2) is 0 Å². The molecular weight excluding hydrogens is 340 g/mol. The molecule has 0 fully saturated rings. The van der Waals surface area contributed by atoms with Gasteiger partial charge < -0.3 is 17.7 Å². The fourth-order valence-electron chi connectivity index (χ4n) is 1.42. The smallest absolute Gasteiger partial charge is 0.335 e. The van der Waals surface area contributed by atoms with Crippen molar-refractivity contribution >= 4 is 9.05 Å². The first-order valence-corrected chi connectivity index (χ1v) is 10.3. The van der Waals surface area contributed by atoms with Crippen LogP contribution >= 0.6 is 0 Å². The van der Waals surface area contributed by atoms with Gasteiger partial charge in [-0.05, 0) is 84.1 Å². The van der Waals surface area contributed by atoms with Crippen LogP contribution in [0.3, 0.4) is 0 Å². The third-order valence-electron chi connectivity index (χ3n) is 4.17. The summed E-state index contributed by atoms with van der Waals surface area (Å²) < 4.78 is 25.1. The van der Waals surface area contributed by atoms with Crippen LogP contribution in [0.2, 0.25) is 0 Å². The molecule has 0 aromatic heterocycles. The van der Waals surface area contributed by atoms with Gasteiger partial charge in [-0.2, -0.15) is 0 Å². The standard InChI is InChI=1S/C16H40N4O4Si/c1-13(17(5)6)21-25(22-14(2)18(7)8,23-15(3)19(9)10)24-16(4)20(11)12/h13-16H,1-12H3. The molecule has 0 aliphatic heterocycles. The molecule has 152 valence electrons. The average molecular weight is 381 g/mol. The number of rotatable bonds is 12. The van der Waals surface area contributed by atoms with Crippen LogP contribution in [0, 0.1) is 0 Å². The Hall–Kier alpha value is -0.103. The van der Waals surface area contributed by atoms with E-state index in [4.69, 9.17) is 17.7 Å². The van der Waals surface area contributed by atoms with Crippen LogP contribution in [-0.2, 0) is 17.7 Å². The van der Waals surface area contributed by atoms with E-state index in [9.17, 15) is 0 Å². The molecule has 0 N–H and O–H groups in total. The first-order chi connectivity index (χ1) is 11.3. The van der Waals surface area contributed by atoms with Crippen molar-refractivity contribution in [3.63, 3.8) is 0 Å². The van der Waals surface area contributed by atoms with Gasteiger partial charge in [0.05, 0.1) is 0 Å². The Labute approximate surface area is 156 Å². The molecule has 0 aromatic carbocycles. The molecule has 0 radical (unpaired) electrons. The summed E-state index contributed by atoms with van der Waals surface area (Å²) in [5.74, 6) is 0. The molecule has 0 rings (SSSR count). The minimum absolute atomic E-state index is 0.218. The first kappa shape index (κ1) is 24.9. The molecule has 0 heterocycles. The van der Waals surface area contributed by atoms with E-state index in [1.54, 1.807) is 0 Å². The van der Waals surface area contributed by atoms with Gasteiger partial charge in [-0.1, -0.05) is 0 Å². The van der Waals surface area contributed by atoms with Crippen molar-refractivity contribution in [3.8, 4) is 0 Å². The fraction of sp³-hybridized carbons (Fsp3) is 1.00. The van der Waals surface area contributed by atoms with Gasteiger partial charge in [-0.3, -0.25) is 19.6 Å². The summed E-state index contributed by atoms with van der Waals surface area (Å²) in [6.45, 7) is 7.83. The first-order valence-electron chi connectivity index (χ1n) is 8.68. The molecule has 25 heavy (non-hydrogen) atoms. The second kappa shape index (κ2) is 10.9. The Kier molecular flexibility index (Phi) is 10.9. The van der Waals surface area contributed by atoms with Crippen molar-refractivity contribution in [2.45, 2.75) is 52.6 Å². The number of nitrogens with zero attached hydrogens (tertiary/aromatic N) is 4. The molecule has 4 unspecified atom stereocenters. The van der Waals surface area contributed by atoms with Crippen molar-refractivity contribution in [3.05, 3.63) is 0 Å². The molecule has 0 aliphatic rings. The normalized spacial score (nSPS) is 20.2. The Bertz CT molecular complexity index is 303. The second-order valence-corrected chi connectivity index (χ2v) is 9.17. The lowest BCUT2D eigenvalue weighted by Gasteiger charge is -2.40. The Morgan fingerprint density at radius 2 is 0.600 bits per heavy atom. The highest BCUT2D eigenvalue weighted by atomic mass is 28.4. The molecule has 4 atom stereocenters. The maximum absolute atomic E-state index is 6.28. The van der Waals surface area contributed by atoms with Crippen LogP contribution in [0.5, 0.6) is 0 Å². The molecule has 0 spiro atoms. The van der Waals surface area contributed by atoms with E-state index < -0.39 is 9.05 Å². The van der Waals surface area contributed by atoms with E-state index in [2.05, 4.69) is 0 Å². The molecule has 0 amide bonds. The summed E-state index contributed by atoms with van der Waals surface area (Å²) in [5.41, 5.74) is 0. The zero-order valence-electron chi connectivity index (χ0n) is 18.2. The fourth-order valence-corrected chi connectivity index (χ4v) is 4.27. The highest BCUT2D eigenvalue weighted by molar-refractivity contribution is 6.53. The van der Waals surface area contributed by atoms with Gasteiger partial charge in [-0.15, -0.1) is 0 Å². The lowest BCUT2D eigenvalue weighted by atomic mass is 10.6. The summed E-state index contributed by atoms with van der Waals surface area (Å²) in [6, 6.07) is 0. The molecule has 0 aromatic rings. The van der Waals surface area contributed by atoms with Crippen LogP contribution in [0.15, 0.2) is 0 Å². The zero-order valence-corrected chi connectivity index (χ0v) is 19.2. The third-order valence-corrected chi connectivity index (χ3v) is 6.69. The van der Waals surface area contributed by atoms with Crippen LogP contribution in [0.25, 0.3) is 0 Å². The van der Waals surface area contributed by atoms with Crippen LogP contribution in [0.4, 0.5) is 0 Å². The van der Waals surface area contributed by atoms with Crippen molar-refractivity contribution in [1.29, 1.82) is 0 Å². The molecule has 0 saturated heterocycles. The predicted molar refractivity (Wildman–Crippen MR) is 103 cm³/mol. The third kappa shape index (κ3) is 8.89. The molecule has 0 aliphatic carbocycles. The van der Waals surface area contributed by atoms with Gasteiger partial charge in [0.25, 0.3) is 0 Å². The summed E-state index contributed by atoms with van der Waals surface area (Å²) in [7, 11) is 12.1. The minimum atomic E-state index is -3.47. The molecular formula is C16H40N4O4Si. The summed E-state index contributed by atoms with van der Waals surface area (Å²) in [6.07, 6.45) is -0.871. The van der Waals surface area contributed by atoms with Gasteiger partial charge in [0.1, 0.15) is 24.9 Å². The van der Waals surface area contributed by atoms with E-state index in [1.807, 2.05) is 104 Å². The molecule has 9 heteroatoms. The van der Waals surface area contributed by atoms with Gasteiger partial charge in [0.2, 0.25) is 0 Å². The van der Waals surface area contributed by atoms with E-state index in [0.717, 1.165) is 0 Å². The highest BCUT2D eigenvalue weighted by Gasteiger charge is 2.52. The Morgan fingerprint density at radius 1 is 0.440 bits per heavy atom. The van der Waals surface area contributed by atoms with Crippen molar-refractivity contribution in [2.24, 2.45) is 0 Å². The van der Waals surface area contributed by atoms with E-state index in [-0.39, 0.29) is 24.9 Å². The van der Waals surface area contributed by atoms with Crippen LogP contribution < -0.4 is 0 Å². The van der Waals surface area contributed by atoms with Crippen LogP contribution in [-0.4, -0.2) is 110 Å². The zero-order chi connectivity index (χ0) is 19.9. The predicted octanol–water partition coefficient (Wildman–Crippen LogP) is 1.12. The lowest BCUT2D eigenvalue weighted by Crippen LogP contribution is -2.60. The molecule has 0 saturated carbocycles. The van der Waals surface area contributed by atoms with Gasteiger partial charge in [0, 0.05) is 0 Å². The molecule has 0 bridgehead atoms. The van der Waals surface area contributed by atoms with Crippen molar-refractivity contribution in [1.82, 2.24) is 19.6 Å². The van der Waals surface area contributed by atoms with E-state index in [0.29, 0.717) is 0 Å². The highest BCUT2D eigenvalue weighted by Crippen LogP contribution is 2.23. The van der Waals surface area contributed by atoms with Crippen LogP contribution in [0.1, 0.15) is 27.7 Å². The van der Waals surface area contributed by atoms with E-state index in [1.165, 1.54) is 0 Å². The maximum atomic E-state index is 6.28. The Morgan fingerprint density at radius 3 is 0.720 bits per heavy atom. The number of hydrogen-bond donors (Lipinski definition) is 0. The second-order valence-electron chi connectivity index (χ2n) is 7.22. The summed E-state index contributed by atoms with van der Waals surface area (Å²) in [4.78, 5) is 7.83.